The van der Waals surface area contributed by atoms with Gasteiger partial charge in [0.2, 0.25) is 11.0 Å². The van der Waals surface area contributed by atoms with Crippen LogP contribution >= 0.6 is 11.3 Å². The summed E-state index contributed by atoms with van der Waals surface area (Å²) in [5, 5.41) is 14.8. The molecule has 2 amide bonds. The molecule has 1 aromatic carbocycles. The summed E-state index contributed by atoms with van der Waals surface area (Å²) in [7, 11) is 0. The average molecular weight is 376 g/mol. The molecule has 0 aliphatic carbocycles. The summed E-state index contributed by atoms with van der Waals surface area (Å²) in [6.45, 7) is 7.48. The van der Waals surface area contributed by atoms with E-state index >= 15 is 0 Å². The highest BCUT2D eigenvalue weighted by molar-refractivity contribution is 7.15. The van der Waals surface area contributed by atoms with Gasteiger partial charge in [-0.05, 0) is 44.9 Å². The van der Waals surface area contributed by atoms with Gasteiger partial charge in [-0.25, -0.2) is 4.79 Å². The number of nitrogens with zero attached hydrogens (tertiary/aromatic N) is 2. The Morgan fingerprint density at radius 1 is 1.12 bits per heavy atom. The lowest BCUT2D eigenvalue weighted by Gasteiger charge is -2.19. The van der Waals surface area contributed by atoms with E-state index in [1.807, 2.05) is 0 Å². The number of ether oxygens (including phenoxy) is 1. The fourth-order valence-corrected chi connectivity index (χ4v) is 2.95. The van der Waals surface area contributed by atoms with Crippen molar-refractivity contribution >= 4 is 34.2 Å². The molecule has 0 spiro atoms. The largest absolute Gasteiger partial charge is 0.444 e. The Morgan fingerprint density at radius 2 is 1.81 bits per heavy atom. The van der Waals surface area contributed by atoms with Crippen molar-refractivity contribution < 1.29 is 14.3 Å². The highest BCUT2D eigenvalue weighted by Crippen LogP contribution is 2.17. The maximum Gasteiger partial charge on any atom is 0.412 e. The lowest BCUT2D eigenvalue weighted by atomic mass is 10.1. The zero-order chi connectivity index (χ0) is 19.2. The van der Waals surface area contributed by atoms with Crippen LogP contribution in [0.15, 0.2) is 24.3 Å². The predicted molar refractivity (Wildman–Crippen MR) is 103 cm³/mol. The summed E-state index contributed by atoms with van der Waals surface area (Å²) in [4.78, 5) is 23.8. The number of rotatable bonds is 6. The minimum atomic E-state index is -0.552. The van der Waals surface area contributed by atoms with Crippen molar-refractivity contribution in [2.45, 2.75) is 52.6 Å². The second-order valence-corrected chi connectivity index (χ2v) is 7.86. The van der Waals surface area contributed by atoms with Crippen LogP contribution in [0.1, 0.15) is 44.7 Å². The van der Waals surface area contributed by atoms with Gasteiger partial charge < -0.3 is 10.1 Å². The van der Waals surface area contributed by atoms with Crippen LogP contribution in [0.5, 0.6) is 0 Å². The Kier molecular flexibility index (Phi) is 6.68. The van der Waals surface area contributed by atoms with E-state index in [2.05, 4.69) is 27.8 Å². The van der Waals surface area contributed by atoms with E-state index in [0.29, 0.717) is 10.8 Å². The maximum atomic E-state index is 12.1. The molecule has 0 aliphatic heterocycles. The second kappa shape index (κ2) is 8.75. The molecular weight excluding hydrogens is 352 g/mol. The van der Waals surface area contributed by atoms with E-state index in [4.69, 9.17) is 4.74 Å². The monoisotopic (exact) mass is 376 g/mol. The summed E-state index contributed by atoms with van der Waals surface area (Å²) in [6.07, 6.45) is 1.56. The molecule has 0 atom stereocenters. The summed E-state index contributed by atoms with van der Waals surface area (Å²) in [5.74, 6) is -0.156. The molecule has 2 rings (SSSR count). The molecule has 0 saturated carbocycles. The van der Waals surface area contributed by atoms with Crippen LogP contribution < -0.4 is 10.6 Å². The fourth-order valence-electron chi connectivity index (χ4n) is 2.10. The zero-order valence-corrected chi connectivity index (χ0v) is 16.3. The van der Waals surface area contributed by atoms with Crippen LogP contribution in [0.25, 0.3) is 0 Å². The van der Waals surface area contributed by atoms with Gasteiger partial charge in [0.15, 0.2) is 0 Å². The minimum Gasteiger partial charge on any atom is -0.444 e. The van der Waals surface area contributed by atoms with E-state index in [9.17, 15) is 9.59 Å². The Morgan fingerprint density at radius 3 is 2.42 bits per heavy atom. The highest BCUT2D eigenvalue weighted by Gasteiger charge is 2.16. The molecule has 140 valence electrons. The number of benzene rings is 1. The number of carbonyl (C=O) groups is 2. The molecule has 26 heavy (non-hydrogen) atoms. The number of nitrogens with one attached hydrogen (secondary N) is 2. The number of hydrogen-bond acceptors (Lipinski definition) is 6. The number of amides is 2. The third-order valence-electron chi connectivity index (χ3n) is 3.14. The van der Waals surface area contributed by atoms with Gasteiger partial charge >= 0.3 is 6.09 Å². The fraction of sp³-hybridized carbons (Fsp3) is 0.444. The first-order valence-corrected chi connectivity index (χ1v) is 9.28. The van der Waals surface area contributed by atoms with Gasteiger partial charge in [0.25, 0.3) is 0 Å². The van der Waals surface area contributed by atoms with Crippen molar-refractivity contribution in [1.82, 2.24) is 10.2 Å². The molecule has 0 bridgehead atoms. The summed E-state index contributed by atoms with van der Waals surface area (Å²) in [6, 6.07) is 7.04. The molecular formula is C18H24N4O3S. The molecule has 0 unspecified atom stereocenters. The molecule has 2 N–H and O–H groups in total. The molecule has 0 radical (unpaired) electrons. The lowest BCUT2D eigenvalue weighted by Crippen LogP contribution is -2.27. The minimum absolute atomic E-state index is 0.156. The van der Waals surface area contributed by atoms with Crippen LogP contribution in [0, 0.1) is 0 Å². The average Bonchev–Trinajstić information content (AvgIpc) is 2.94. The summed E-state index contributed by atoms with van der Waals surface area (Å²) < 4.78 is 5.20. The molecule has 1 aromatic heterocycles. The standard InChI is InChI=1S/C18H24N4O3S/c1-5-6-15-21-22-16(26-15)20-14(23)11-12-7-9-13(10-8-12)19-17(24)25-18(2,3)4/h7-10H,5-6,11H2,1-4H3,(H,19,24)(H,20,22,23). The van der Waals surface area contributed by atoms with Crippen molar-refractivity contribution in [1.29, 1.82) is 0 Å². The Labute approximate surface area is 157 Å². The van der Waals surface area contributed by atoms with Crippen molar-refractivity contribution in [3.8, 4) is 0 Å². The summed E-state index contributed by atoms with van der Waals surface area (Å²) >= 11 is 1.39. The van der Waals surface area contributed by atoms with E-state index in [1.54, 1.807) is 45.0 Å². The third kappa shape index (κ3) is 6.79. The van der Waals surface area contributed by atoms with Crippen molar-refractivity contribution in [2.24, 2.45) is 0 Å². The van der Waals surface area contributed by atoms with Crippen LogP contribution in [0.4, 0.5) is 15.6 Å². The first-order chi connectivity index (χ1) is 12.2. The predicted octanol–water partition coefficient (Wildman–Crippen LogP) is 4.02. The number of aryl methyl sites for hydroxylation is 1. The van der Waals surface area contributed by atoms with Gasteiger partial charge in [-0.1, -0.05) is 30.4 Å². The van der Waals surface area contributed by atoms with E-state index in [-0.39, 0.29) is 12.3 Å². The van der Waals surface area contributed by atoms with Crippen molar-refractivity contribution in [3.63, 3.8) is 0 Å². The van der Waals surface area contributed by atoms with Crippen molar-refractivity contribution in [3.05, 3.63) is 34.8 Å². The van der Waals surface area contributed by atoms with Crippen LogP contribution in [-0.4, -0.2) is 27.8 Å². The molecule has 1 heterocycles. The Bertz CT molecular complexity index is 751. The lowest BCUT2D eigenvalue weighted by molar-refractivity contribution is -0.115. The number of anilines is 2. The SMILES string of the molecule is CCCc1nnc(NC(=O)Cc2ccc(NC(=O)OC(C)(C)C)cc2)s1. The van der Waals surface area contributed by atoms with E-state index in [1.165, 1.54) is 11.3 Å². The van der Waals surface area contributed by atoms with Crippen LogP contribution in [0.3, 0.4) is 0 Å². The Hall–Kier alpha value is -2.48. The van der Waals surface area contributed by atoms with E-state index in [0.717, 1.165) is 23.4 Å². The highest BCUT2D eigenvalue weighted by atomic mass is 32.1. The smallest absolute Gasteiger partial charge is 0.412 e. The van der Waals surface area contributed by atoms with Gasteiger partial charge in [0.05, 0.1) is 6.42 Å². The second-order valence-electron chi connectivity index (χ2n) is 6.80. The molecule has 0 saturated heterocycles. The third-order valence-corrected chi connectivity index (χ3v) is 4.04. The quantitative estimate of drug-likeness (QED) is 0.794. The summed E-state index contributed by atoms with van der Waals surface area (Å²) in [5.41, 5.74) is 0.885. The molecule has 0 aliphatic rings. The van der Waals surface area contributed by atoms with E-state index < -0.39 is 11.7 Å². The first-order valence-electron chi connectivity index (χ1n) is 8.46. The number of aromatic nitrogens is 2. The first kappa shape index (κ1) is 19.8. The van der Waals surface area contributed by atoms with Gasteiger partial charge in [-0.2, -0.15) is 0 Å². The molecule has 2 aromatic rings. The van der Waals surface area contributed by atoms with Crippen molar-refractivity contribution in [2.75, 3.05) is 10.6 Å². The molecule has 7 nitrogen and oxygen atoms in total. The Balaban J connectivity index is 1.85. The maximum absolute atomic E-state index is 12.1. The number of hydrogen-bond donors (Lipinski definition) is 2. The number of carbonyl (C=O) groups excluding carboxylic acids is 2. The topological polar surface area (TPSA) is 93.2 Å². The molecule has 0 fully saturated rings. The normalized spacial score (nSPS) is 11.1. The molecule has 8 heteroatoms. The van der Waals surface area contributed by atoms with Crippen LogP contribution in [0.2, 0.25) is 0 Å². The van der Waals surface area contributed by atoms with Gasteiger partial charge in [0.1, 0.15) is 10.6 Å². The van der Waals surface area contributed by atoms with Crippen LogP contribution in [-0.2, 0) is 22.4 Å². The van der Waals surface area contributed by atoms with Gasteiger partial charge in [-0.15, -0.1) is 10.2 Å². The zero-order valence-electron chi connectivity index (χ0n) is 15.5. The van der Waals surface area contributed by atoms with Gasteiger partial charge in [0, 0.05) is 12.1 Å². The van der Waals surface area contributed by atoms with Gasteiger partial charge in [-0.3, -0.25) is 10.1 Å².